The molecule has 0 spiro atoms. The maximum atomic E-state index is 13.0. The molecule has 2 heterocycles. The highest BCUT2D eigenvalue weighted by Crippen LogP contribution is 2.34. The van der Waals surface area contributed by atoms with E-state index in [1.807, 2.05) is 18.7 Å². The van der Waals surface area contributed by atoms with Crippen molar-refractivity contribution in [3.05, 3.63) is 18.2 Å². The normalized spacial score (nSPS) is 20.0. The van der Waals surface area contributed by atoms with Crippen LogP contribution in [0.5, 0.6) is 11.5 Å². The largest absolute Gasteiger partial charge is 0.493 e. The molecule has 3 rings (SSSR count). The Morgan fingerprint density at radius 2 is 1.74 bits per heavy atom. The summed E-state index contributed by atoms with van der Waals surface area (Å²) in [7, 11) is 3.09. The first-order chi connectivity index (χ1) is 14.8. The number of nitrogens with one attached hydrogen (secondary N) is 1. The van der Waals surface area contributed by atoms with Gasteiger partial charge in [0, 0.05) is 37.8 Å². The lowest BCUT2D eigenvalue weighted by Crippen LogP contribution is -2.53. The highest BCUT2D eigenvalue weighted by molar-refractivity contribution is 6.01. The third kappa shape index (κ3) is 5.11. The summed E-state index contributed by atoms with van der Waals surface area (Å²) in [5, 5.41) is 2.94. The van der Waals surface area contributed by atoms with E-state index in [0.717, 1.165) is 32.4 Å². The monoisotopic (exact) mass is 431 g/mol. The topological polar surface area (TPSA) is 88.2 Å². The number of methoxy groups -OCH3 is 2. The molecule has 170 valence electrons. The minimum atomic E-state index is -0.573. The SMILES string of the molecule is COc1ccc(N2CC(C(=O)NC(C(=O)N3CCCCC3)C(C)C)CC2=O)cc1OC. The molecule has 8 nitrogen and oxygen atoms in total. The number of piperidine rings is 1. The second-order valence-corrected chi connectivity index (χ2v) is 8.56. The van der Waals surface area contributed by atoms with Gasteiger partial charge in [-0.25, -0.2) is 0 Å². The van der Waals surface area contributed by atoms with Gasteiger partial charge in [-0.2, -0.15) is 0 Å². The lowest BCUT2D eigenvalue weighted by atomic mass is 9.99. The number of ether oxygens (including phenoxy) is 2. The van der Waals surface area contributed by atoms with E-state index in [-0.39, 0.29) is 36.6 Å². The molecule has 31 heavy (non-hydrogen) atoms. The first kappa shape index (κ1) is 22.9. The van der Waals surface area contributed by atoms with Crippen molar-refractivity contribution in [3.8, 4) is 11.5 Å². The van der Waals surface area contributed by atoms with Crippen LogP contribution in [0.2, 0.25) is 0 Å². The number of likely N-dealkylation sites (tertiary alicyclic amines) is 1. The molecule has 2 aliphatic rings. The standard InChI is InChI=1S/C23H33N3O5/c1-15(2)21(23(29)25-10-6-5-7-11-25)24-22(28)16-12-20(27)26(14-16)17-8-9-18(30-3)19(13-17)31-4/h8-9,13,15-16,21H,5-7,10-12,14H2,1-4H3,(H,24,28). The average Bonchev–Trinajstić information content (AvgIpc) is 3.18. The second-order valence-electron chi connectivity index (χ2n) is 8.56. The Hall–Kier alpha value is -2.77. The highest BCUT2D eigenvalue weighted by Gasteiger charge is 2.38. The number of carbonyl (C=O) groups excluding carboxylic acids is 3. The number of hydrogen-bond donors (Lipinski definition) is 1. The predicted octanol–water partition coefficient (Wildman–Crippen LogP) is 2.21. The zero-order valence-electron chi connectivity index (χ0n) is 18.8. The second kappa shape index (κ2) is 10.0. The van der Waals surface area contributed by atoms with E-state index >= 15 is 0 Å². The minimum absolute atomic E-state index is 0.0240. The van der Waals surface area contributed by atoms with E-state index in [4.69, 9.17) is 9.47 Å². The third-order valence-electron chi connectivity index (χ3n) is 6.07. The average molecular weight is 432 g/mol. The van der Waals surface area contributed by atoms with E-state index in [1.54, 1.807) is 30.2 Å². The number of nitrogens with zero attached hydrogens (tertiary/aromatic N) is 2. The van der Waals surface area contributed by atoms with Crippen molar-refractivity contribution in [1.29, 1.82) is 0 Å². The van der Waals surface area contributed by atoms with Crippen molar-refractivity contribution < 1.29 is 23.9 Å². The lowest BCUT2D eigenvalue weighted by molar-refractivity contribution is -0.139. The molecule has 3 amide bonds. The van der Waals surface area contributed by atoms with Gasteiger partial charge in [-0.3, -0.25) is 14.4 Å². The number of rotatable bonds is 7. The summed E-state index contributed by atoms with van der Waals surface area (Å²) in [4.78, 5) is 42.0. The van der Waals surface area contributed by atoms with Crippen LogP contribution in [0.15, 0.2) is 18.2 Å². The maximum Gasteiger partial charge on any atom is 0.245 e. The summed E-state index contributed by atoms with van der Waals surface area (Å²) in [5.74, 6) is 0.157. The fraction of sp³-hybridized carbons (Fsp3) is 0.609. The van der Waals surface area contributed by atoms with Crippen molar-refractivity contribution >= 4 is 23.4 Å². The lowest BCUT2D eigenvalue weighted by Gasteiger charge is -2.32. The van der Waals surface area contributed by atoms with Crippen LogP contribution in [0.25, 0.3) is 0 Å². The zero-order chi connectivity index (χ0) is 22.5. The van der Waals surface area contributed by atoms with Gasteiger partial charge in [0.1, 0.15) is 6.04 Å². The molecule has 8 heteroatoms. The molecule has 2 unspecified atom stereocenters. The van der Waals surface area contributed by atoms with E-state index in [1.165, 1.54) is 7.11 Å². The van der Waals surface area contributed by atoms with E-state index in [2.05, 4.69) is 5.32 Å². The van der Waals surface area contributed by atoms with Crippen molar-refractivity contribution in [2.45, 2.75) is 45.6 Å². The van der Waals surface area contributed by atoms with Gasteiger partial charge in [-0.05, 0) is 37.3 Å². The fourth-order valence-corrected chi connectivity index (χ4v) is 4.22. The quantitative estimate of drug-likeness (QED) is 0.715. The van der Waals surface area contributed by atoms with Gasteiger partial charge in [-0.1, -0.05) is 13.8 Å². The number of hydrogen-bond acceptors (Lipinski definition) is 5. The number of carbonyl (C=O) groups is 3. The molecule has 2 atom stereocenters. The van der Waals surface area contributed by atoms with Gasteiger partial charge in [-0.15, -0.1) is 0 Å². The smallest absolute Gasteiger partial charge is 0.245 e. The summed E-state index contributed by atoms with van der Waals surface area (Å²) < 4.78 is 10.6. The van der Waals surface area contributed by atoms with Gasteiger partial charge in [0.2, 0.25) is 17.7 Å². The van der Waals surface area contributed by atoms with Crippen molar-refractivity contribution in [2.75, 3.05) is 38.8 Å². The van der Waals surface area contributed by atoms with Crippen LogP contribution in [0.1, 0.15) is 39.5 Å². The summed E-state index contributed by atoms with van der Waals surface area (Å²) in [6, 6.07) is 4.67. The molecular formula is C23H33N3O5. The Balaban J connectivity index is 1.68. The molecule has 2 aliphatic heterocycles. The van der Waals surface area contributed by atoms with Crippen LogP contribution in [0.3, 0.4) is 0 Å². The maximum absolute atomic E-state index is 13.0. The van der Waals surface area contributed by atoms with E-state index in [9.17, 15) is 14.4 Å². The Morgan fingerprint density at radius 1 is 1.06 bits per heavy atom. The summed E-state index contributed by atoms with van der Waals surface area (Å²) in [6.45, 7) is 5.62. The van der Waals surface area contributed by atoms with Crippen LogP contribution in [0, 0.1) is 11.8 Å². The molecule has 0 aliphatic carbocycles. The molecule has 0 radical (unpaired) electrons. The fourth-order valence-electron chi connectivity index (χ4n) is 4.22. The Bertz CT molecular complexity index is 819. The minimum Gasteiger partial charge on any atom is -0.493 e. The van der Waals surface area contributed by atoms with Crippen molar-refractivity contribution in [1.82, 2.24) is 10.2 Å². The third-order valence-corrected chi connectivity index (χ3v) is 6.07. The highest BCUT2D eigenvalue weighted by atomic mass is 16.5. The first-order valence-corrected chi connectivity index (χ1v) is 11.0. The van der Waals surface area contributed by atoms with Crippen LogP contribution in [0.4, 0.5) is 5.69 Å². The van der Waals surface area contributed by atoms with Gasteiger partial charge in [0.05, 0.1) is 20.1 Å². The molecule has 1 aromatic rings. The summed E-state index contributed by atoms with van der Waals surface area (Å²) >= 11 is 0. The number of amides is 3. The van der Waals surface area contributed by atoms with Crippen LogP contribution >= 0.6 is 0 Å². The van der Waals surface area contributed by atoms with Gasteiger partial charge in [0.15, 0.2) is 11.5 Å². The van der Waals surface area contributed by atoms with Gasteiger partial charge >= 0.3 is 0 Å². The molecule has 0 bridgehead atoms. The molecule has 1 N–H and O–H groups in total. The number of benzene rings is 1. The van der Waals surface area contributed by atoms with Gasteiger partial charge in [0.25, 0.3) is 0 Å². The first-order valence-electron chi connectivity index (χ1n) is 11.0. The molecule has 1 aromatic carbocycles. The van der Waals surface area contributed by atoms with Gasteiger partial charge < -0.3 is 24.6 Å². The molecule has 2 fully saturated rings. The Morgan fingerprint density at radius 3 is 2.35 bits per heavy atom. The van der Waals surface area contributed by atoms with Crippen LogP contribution < -0.4 is 19.7 Å². The van der Waals surface area contributed by atoms with E-state index in [0.29, 0.717) is 17.2 Å². The Kier molecular flexibility index (Phi) is 7.41. The van der Waals surface area contributed by atoms with E-state index < -0.39 is 12.0 Å². The molecule has 0 saturated carbocycles. The van der Waals surface area contributed by atoms with Crippen molar-refractivity contribution in [3.63, 3.8) is 0 Å². The summed E-state index contributed by atoms with van der Waals surface area (Å²) in [6.07, 6.45) is 3.26. The number of anilines is 1. The summed E-state index contributed by atoms with van der Waals surface area (Å²) in [5.41, 5.74) is 0.655. The van der Waals surface area contributed by atoms with Crippen LogP contribution in [-0.2, 0) is 14.4 Å². The molecule has 2 saturated heterocycles. The Labute approximate surface area is 183 Å². The molecule has 0 aromatic heterocycles. The zero-order valence-corrected chi connectivity index (χ0v) is 18.8. The van der Waals surface area contributed by atoms with Crippen molar-refractivity contribution in [2.24, 2.45) is 11.8 Å². The molecular weight excluding hydrogens is 398 g/mol. The van der Waals surface area contributed by atoms with Crippen LogP contribution in [-0.4, -0.2) is 62.5 Å². The predicted molar refractivity (Wildman–Crippen MR) is 117 cm³/mol.